The van der Waals surface area contributed by atoms with E-state index in [1.54, 1.807) is 0 Å². The van der Waals surface area contributed by atoms with Crippen LogP contribution in [0.4, 0.5) is 18.9 Å². The van der Waals surface area contributed by atoms with Crippen LogP contribution in [0.5, 0.6) is 0 Å². The third-order valence-corrected chi connectivity index (χ3v) is 6.47. The molecule has 158 valence electrons. The third-order valence-electron chi connectivity index (χ3n) is 6.47. The first kappa shape index (κ1) is 20.3. The van der Waals surface area contributed by atoms with Crippen molar-refractivity contribution >= 4 is 23.5 Å². The van der Waals surface area contributed by atoms with Gasteiger partial charge in [0.05, 0.1) is 40.3 Å². The molecule has 1 unspecified atom stereocenters. The Bertz CT molecular complexity index is 1070. The SMILES string of the molecule is C[C@]12C[C@@](O)(C(=O)O)[C@](C)(O1)C1C(=O)N(c3ccc(C#N)c(C(F)(F)F)c3)C(=O)[C@@H]12. The predicted molar refractivity (Wildman–Crippen MR) is 90.7 cm³/mol. The summed E-state index contributed by atoms with van der Waals surface area (Å²) in [5.74, 6) is -5.99. The minimum absolute atomic E-state index is 0.392. The maximum atomic E-state index is 13.3. The number of carboxylic acids is 1. The molecule has 0 aliphatic carbocycles. The molecule has 3 heterocycles. The number of alkyl halides is 3. The van der Waals surface area contributed by atoms with E-state index in [2.05, 4.69) is 0 Å². The highest BCUT2D eigenvalue weighted by Crippen LogP contribution is 2.64. The van der Waals surface area contributed by atoms with Gasteiger partial charge in [-0.15, -0.1) is 0 Å². The quantitative estimate of drug-likeness (QED) is 0.688. The smallest absolute Gasteiger partial charge is 0.417 e. The Kier molecular flexibility index (Phi) is 3.78. The normalized spacial score (nSPS) is 37.4. The van der Waals surface area contributed by atoms with Gasteiger partial charge in [-0.3, -0.25) is 9.59 Å². The van der Waals surface area contributed by atoms with E-state index in [1.807, 2.05) is 0 Å². The van der Waals surface area contributed by atoms with E-state index in [4.69, 9.17) is 10.00 Å². The molecule has 3 aliphatic rings. The van der Waals surface area contributed by atoms with Gasteiger partial charge in [0, 0.05) is 6.42 Å². The number of imide groups is 1. The Morgan fingerprint density at radius 3 is 2.40 bits per heavy atom. The molecule has 30 heavy (non-hydrogen) atoms. The summed E-state index contributed by atoms with van der Waals surface area (Å²) in [6.07, 6.45) is -5.35. The lowest BCUT2D eigenvalue weighted by molar-refractivity contribution is -0.182. The minimum Gasteiger partial charge on any atom is -0.479 e. The Morgan fingerprint density at radius 1 is 1.27 bits per heavy atom. The number of amides is 2. The Morgan fingerprint density at radius 2 is 1.87 bits per heavy atom. The van der Waals surface area contributed by atoms with Crippen LogP contribution in [0.25, 0.3) is 0 Å². The second-order valence-electron chi connectivity index (χ2n) is 8.17. The van der Waals surface area contributed by atoms with Crippen molar-refractivity contribution in [3.8, 4) is 6.07 Å². The molecule has 3 aliphatic heterocycles. The van der Waals surface area contributed by atoms with Crippen LogP contribution < -0.4 is 4.90 Å². The molecular weight excluding hydrogens is 409 g/mol. The molecule has 0 radical (unpaired) electrons. The summed E-state index contributed by atoms with van der Waals surface area (Å²) in [6.45, 7) is 2.61. The number of hydrogen-bond donors (Lipinski definition) is 2. The highest BCUT2D eigenvalue weighted by Gasteiger charge is 2.82. The summed E-state index contributed by atoms with van der Waals surface area (Å²) in [5.41, 5.74) is -8.26. The zero-order valence-electron chi connectivity index (χ0n) is 15.6. The molecule has 1 aromatic carbocycles. The van der Waals surface area contributed by atoms with Gasteiger partial charge in [-0.05, 0) is 32.0 Å². The van der Waals surface area contributed by atoms with Crippen LogP contribution in [0.15, 0.2) is 18.2 Å². The number of carbonyl (C=O) groups is 3. The van der Waals surface area contributed by atoms with Crippen LogP contribution in [0, 0.1) is 23.2 Å². The van der Waals surface area contributed by atoms with Crippen molar-refractivity contribution in [2.75, 3.05) is 4.90 Å². The summed E-state index contributed by atoms with van der Waals surface area (Å²) >= 11 is 0. The van der Waals surface area contributed by atoms with Gasteiger partial charge in [0.15, 0.2) is 5.60 Å². The van der Waals surface area contributed by atoms with Crippen molar-refractivity contribution in [3.63, 3.8) is 0 Å². The number of ether oxygens (including phenoxy) is 1. The number of rotatable bonds is 2. The number of aliphatic carboxylic acids is 1. The maximum Gasteiger partial charge on any atom is 0.417 e. The molecule has 0 saturated carbocycles. The second-order valence-corrected chi connectivity index (χ2v) is 8.17. The van der Waals surface area contributed by atoms with Crippen molar-refractivity contribution in [1.82, 2.24) is 0 Å². The average molecular weight is 424 g/mol. The molecule has 4 rings (SSSR count). The monoisotopic (exact) mass is 424 g/mol. The number of nitriles is 1. The Balaban J connectivity index is 1.83. The zero-order chi connectivity index (χ0) is 22.4. The number of nitrogens with zero attached hydrogens (tertiary/aromatic N) is 2. The molecule has 2 amide bonds. The maximum absolute atomic E-state index is 13.3. The van der Waals surface area contributed by atoms with Crippen LogP contribution >= 0.6 is 0 Å². The topological polar surface area (TPSA) is 128 Å². The first-order chi connectivity index (χ1) is 13.7. The zero-order valence-corrected chi connectivity index (χ0v) is 15.6. The van der Waals surface area contributed by atoms with Gasteiger partial charge < -0.3 is 14.9 Å². The molecule has 2 bridgehead atoms. The predicted octanol–water partition coefficient (Wildman–Crippen LogP) is 1.45. The lowest BCUT2D eigenvalue weighted by Crippen LogP contribution is -2.62. The van der Waals surface area contributed by atoms with E-state index >= 15 is 0 Å². The molecule has 5 atom stereocenters. The first-order valence-corrected chi connectivity index (χ1v) is 8.86. The number of halogens is 3. The lowest BCUT2D eigenvalue weighted by Gasteiger charge is -2.39. The van der Waals surface area contributed by atoms with Gasteiger partial charge >= 0.3 is 12.1 Å². The van der Waals surface area contributed by atoms with Crippen LogP contribution in [0.1, 0.15) is 31.4 Å². The van der Waals surface area contributed by atoms with E-state index in [0.717, 1.165) is 12.1 Å². The number of carbonyl (C=O) groups excluding carboxylic acids is 2. The summed E-state index contributed by atoms with van der Waals surface area (Å²) in [6, 6.07) is 3.85. The molecule has 3 fully saturated rings. The summed E-state index contributed by atoms with van der Waals surface area (Å²) in [7, 11) is 0. The number of benzene rings is 1. The fourth-order valence-electron chi connectivity index (χ4n) is 5.17. The summed E-state index contributed by atoms with van der Waals surface area (Å²) in [4.78, 5) is 38.5. The molecule has 0 spiro atoms. The van der Waals surface area contributed by atoms with Gasteiger partial charge in [-0.1, -0.05) is 0 Å². The Hall–Kier alpha value is -2.97. The van der Waals surface area contributed by atoms with Gasteiger partial charge in [0.25, 0.3) is 0 Å². The number of aliphatic hydroxyl groups is 1. The van der Waals surface area contributed by atoms with E-state index in [1.165, 1.54) is 19.9 Å². The van der Waals surface area contributed by atoms with Crippen LogP contribution in [-0.2, 0) is 25.3 Å². The minimum atomic E-state index is -4.90. The molecule has 11 heteroatoms. The molecule has 3 saturated heterocycles. The van der Waals surface area contributed by atoms with E-state index in [9.17, 15) is 37.8 Å². The van der Waals surface area contributed by atoms with Gasteiger partial charge in [0.2, 0.25) is 11.8 Å². The average Bonchev–Trinajstić information content (AvgIpc) is 3.13. The van der Waals surface area contributed by atoms with Crippen LogP contribution in [0.2, 0.25) is 0 Å². The van der Waals surface area contributed by atoms with Crippen molar-refractivity contribution in [3.05, 3.63) is 29.3 Å². The number of anilines is 1. The number of fused-ring (bicyclic) bond motifs is 5. The van der Waals surface area contributed by atoms with Crippen LogP contribution in [-0.4, -0.2) is 44.8 Å². The molecule has 1 aromatic rings. The molecular formula is C19H15F3N2O6. The first-order valence-electron chi connectivity index (χ1n) is 8.86. The lowest BCUT2D eigenvalue weighted by atomic mass is 9.61. The van der Waals surface area contributed by atoms with Gasteiger partial charge in [-0.25, -0.2) is 9.69 Å². The summed E-state index contributed by atoms with van der Waals surface area (Å²) < 4.78 is 45.7. The summed E-state index contributed by atoms with van der Waals surface area (Å²) in [5, 5.41) is 29.2. The highest BCUT2D eigenvalue weighted by molar-refractivity contribution is 6.23. The van der Waals surface area contributed by atoms with Crippen molar-refractivity contribution < 1.29 is 42.5 Å². The third kappa shape index (κ3) is 2.20. The highest BCUT2D eigenvalue weighted by atomic mass is 19.4. The van der Waals surface area contributed by atoms with E-state index < -0.39 is 75.8 Å². The standard InChI is InChI=1S/C19H15F3N2O6/c1-16-7-18(29,15(27)28)17(2,30-16)12-11(16)13(25)24(14(12)26)9-4-3-8(6-23)10(5-9)19(20,21)22/h3-5,11-12,29H,7H2,1-2H3,(H,27,28)/t11-,12?,16-,17-,18-/m1/s1. The molecule has 2 N–H and O–H groups in total. The van der Waals surface area contributed by atoms with Gasteiger partial charge in [-0.2, -0.15) is 18.4 Å². The molecule has 8 nitrogen and oxygen atoms in total. The largest absolute Gasteiger partial charge is 0.479 e. The van der Waals surface area contributed by atoms with Crippen molar-refractivity contribution in [2.24, 2.45) is 11.8 Å². The van der Waals surface area contributed by atoms with Crippen molar-refractivity contribution in [2.45, 2.75) is 43.2 Å². The second kappa shape index (κ2) is 5.59. The van der Waals surface area contributed by atoms with E-state index in [-0.39, 0.29) is 0 Å². The fourth-order valence-corrected chi connectivity index (χ4v) is 5.17. The fraction of sp³-hybridized carbons (Fsp3) is 0.474. The van der Waals surface area contributed by atoms with Crippen molar-refractivity contribution in [1.29, 1.82) is 5.26 Å². The molecule has 0 aromatic heterocycles. The van der Waals surface area contributed by atoms with Crippen LogP contribution in [0.3, 0.4) is 0 Å². The number of hydrogen-bond acceptors (Lipinski definition) is 6. The number of carboxylic acid groups (broad SMARTS) is 1. The van der Waals surface area contributed by atoms with E-state index in [0.29, 0.717) is 11.0 Å². The Labute approximate surface area is 167 Å². The van der Waals surface area contributed by atoms with Gasteiger partial charge in [0.1, 0.15) is 5.60 Å².